The number of non-ortho nitro benzene ring substituents is 1. The van der Waals surface area contributed by atoms with Crippen molar-refractivity contribution in [2.24, 2.45) is 0 Å². The smallest absolute Gasteiger partial charge is 0.270 e. The summed E-state index contributed by atoms with van der Waals surface area (Å²) in [6.07, 6.45) is 1.51. The molecule has 0 radical (unpaired) electrons. The van der Waals surface area contributed by atoms with Gasteiger partial charge in [0, 0.05) is 18.2 Å². The molecule has 0 spiro atoms. The molecule has 0 fully saturated rings. The minimum atomic E-state index is -0.835. The maximum absolute atomic E-state index is 13.9. The van der Waals surface area contributed by atoms with Gasteiger partial charge in [0.1, 0.15) is 11.6 Å². The fourth-order valence-electron chi connectivity index (χ4n) is 2.53. The number of nitro groups is 1. The lowest BCUT2D eigenvalue weighted by Crippen LogP contribution is -2.17. The standard InChI is InChI=1S/C18H15FN4O3/c1-12-3-2-4-13(9-12)11-22-17(7-8-20-22)21-18(24)15-10-14(23(25)26)5-6-16(15)19/h2-10H,11H2,1H3,(H,21,24). The van der Waals surface area contributed by atoms with E-state index in [-0.39, 0.29) is 5.69 Å². The first-order chi connectivity index (χ1) is 12.4. The molecule has 0 saturated carbocycles. The lowest BCUT2D eigenvalue weighted by molar-refractivity contribution is -0.384. The minimum absolute atomic E-state index is 0.357. The number of nitrogens with one attached hydrogen (secondary N) is 1. The van der Waals surface area contributed by atoms with Crippen LogP contribution in [0.25, 0.3) is 0 Å². The Morgan fingerprint density at radius 2 is 2.08 bits per heavy atom. The van der Waals surface area contributed by atoms with Crippen molar-refractivity contribution in [2.45, 2.75) is 13.5 Å². The van der Waals surface area contributed by atoms with E-state index in [1.54, 1.807) is 10.7 Å². The van der Waals surface area contributed by atoms with Gasteiger partial charge in [0.25, 0.3) is 11.6 Å². The highest BCUT2D eigenvalue weighted by Gasteiger charge is 2.18. The Balaban J connectivity index is 1.82. The van der Waals surface area contributed by atoms with Gasteiger partial charge in [-0.3, -0.25) is 14.9 Å². The van der Waals surface area contributed by atoms with Crippen LogP contribution in [0.3, 0.4) is 0 Å². The third kappa shape index (κ3) is 3.75. The van der Waals surface area contributed by atoms with E-state index in [1.807, 2.05) is 31.2 Å². The summed E-state index contributed by atoms with van der Waals surface area (Å²) < 4.78 is 15.5. The van der Waals surface area contributed by atoms with Crippen molar-refractivity contribution < 1.29 is 14.1 Å². The molecular formula is C18H15FN4O3. The molecule has 3 rings (SSSR count). The third-order valence-corrected chi connectivity index (χ3v) is 3.78. The van der Waals surface area contributed by atoms with E-state index in [9.17, 15) is 19.3 Å². The predicted octanol–water partition coefficient (Wildman–Crippen LogP) is 3.54. The van der Waals surface area contributed by atoms with E-state index in [2.05, 4.69) is 10.4 Å². The average molecular weight is 354 g/mol. The van der Waals surface area contributed by atoms with Crippen molar-refractivity contribution >= 4 is 17.4 Å². The number of nitro benzene ring substituents is 1. The summed E-state index contributed by atoms with van der Waals surface area (Å²) in [6, 6.07) is 12.2. The number of aromatic nitrogens is 2. The number of nitrogens with zero attached hydrogens (tertiary/aromatic N) is 3. The van der Waals surface area contributed by atoms with Gasteiger partial charge in [-0.15, -0.1) is 0 Å². The number of rotatable bonds is 5. The summed E-state index contributed by atoms with van der Waals surface area (Å²) in [5.41, 5.74) is 1.33. The molecule has 0 saturated heterocycles. The number of carbonyl (C=O) groups is 1. The van der Waals surface area contributed by atoms with E-state index in [0.29, 0.717) is 12.4 Å². The fraction of sp³-hybridized carbons (Fsp3) is 0.111. The molecule has 0 bridgehead atoms. The first-order valence-corrected chi connectivity index (χ1v) is 7.76. The molecule has 132 valence electrons. The van der Waals surface area contributed by atoms with Gasteiger partial charge in [-0.05, 0) is 18.6 Å². The molecular weight excluding hydrogens is 339 g/mol. The number of aryl methyl sites for hydroxylation is 1. The van der Waals surface area contributed by atoms with Gasteiger partial charge in [0.15, 0.2) is 0 Å². The number of hydrogen-bond acceptors (Lipinski definition) is 4. The van der Waals surface area contributed by atoms with Crippen molar-refractivity contribution in [3.8, 4) is 0 Å². The quantitative estimate of drug-likeness (QED) is 0.560. The molecule has 1 amide bonds. The van der Waals surface area contributed by atoms with Crippen molar-refractivity contribution in [2.75, 3.05) is 5.32 Å². The van der Waals surface area contributed by atoms with E-state index in [0.717, 1.165) is 29.3 Å². The summed E-state index contributed by atoms with van der Waals surface area (Å²) in [7, 11) is 0. The van der Waals surface area contributed by atoms with Gasteiger partial charge in [-0.2, -0.15) is 5.10 Å². The molecule has 0 unspecified atom stereocenters. The minimum Gasteiger partial charge on any atom is -0.307 e. The number of hydrogen-bond donors (Lipinski definition) is 1. The molecule has 8 heteroatoms. The van der Waals surface area contributed by atoms with Crippen molar-refractivity contribution in [1.82, 2.24) is 9.78 Å². The lowest BCUT2D eigenvalue weighted by Gasteiger charge is -2.10. The molecule has 0 atom stereocenters. The van der Waals surface area contributed by atoms with Crippen LogP contribution in [0.5, 0.6) is 0 Å². The van der Waals surface area contributed by atoms with E-state index in [4.69, 9.17) is 0 Å². The molecule has 0 aliphatic rings. The Bertz CT molecular complexity index is 984. The zero-order valence-electron chi connectivity index (χ0n) is 13.8. The van der Waals surface area contributed by atoms with Crippen LogP contribution in [-0.2, 0) is 6.54 Å². The van der Waals surface area contributed by atoms with Crippen LogP contribution in [-0.4, -0.2) is 20.6 Å². The van der Waals surface area contributed by atoms with Crippen LogP contribution >= 0.6 is 0 Å². The predicted molar refractivity (Wildman–Crippen MR) is 93.5 cm³/mol. The van der Waals surface area contributed by atoms with Gasteiger partial charge in [-0.1, -0.05) is 29.8 Å². The molecule has 0 aliphatic carbocycles. The lowest BCUT2D eigenvalue weighted by atomic mass is 10.1. The first-order valence-electron chi connectivity index (χ1n) is 7.76. The van der Waals surface area contributed by atoms with Gasteiger partial charge in [0.2, 0.25) is 0 Å². The molecule has 2 aromatic carbocycles. The maximum Gasteiger partial charge on any atom is 0.270 e. The van der Waals surface area contributed by atoms with E-state index >= 15 is 0 Å². The number of amides is 1. The number of halogens is 1. The summed E-state index contributed by atoms with van der Waals surface area (Å²) in [4.78, 5) is 22.5. The van der Waals surface area contributed by atoms with Crippen molar-refractivity contribution in [1.29, 1.82) is 0 Å². The third-order valence-electron chi connectivity index (χ3n) is 3.78. The maximum atomic E-state index is 13.9. The largest absolute Gasteiger partial charge is 0.307 e. The second-order valence-corrected chi connectivity index (χ2v) is 5.74. The first kappa shape index (κ1) is 17.3. The molecule has 26 heavy (non-hydrogen) atoms. The molecule has 1 heterocycles. The number of anilines is 1. The van der Waals surface area contributed by atoms with Crippen LogP contribution in [0.4, 0.5) is 15.9 Å². The van der Waals surface area contributed by atoms with E-state index in [1.165, 1.54) is 6.20 Å². The van der Waals surface area contributed by atoms with Gasteiger partial charge in [0.05, 0.1) is 23.2 Å². The van der Waals surface area contributed by atoms with Crippen molar-refractivity contribution in [3.05, 3.63) is 87.3 Å². The Morgan fingerprint density at radius 1 is 1.27 bits per heavy atom. The van der Waals surface area contributed by atoms with Crippen molar-refractivity contribution in [3.63, 3.8) is 0 Å². The zero-order chi connectivity index (χ0) is 18.7. The van der Waals surface area contributed by atoms with Crippen LogP contribution in [0.1, 0.15) is 21.5 Å². The van der Waals surface area contributed by atoms with Gasteiger partial charge < -0.3 is 5.32 Å². The Hall–Kier alpha value is -3.55. The molecule has 7 nitrogen and oxygen atoms in total. The van der Waals surface area contributed by atoms with Crippen LogP contribution in [0.2, 0.25) is 0 Å². The highest BCUT2D eigenvalue weighted by Crippen LogP contribution is 2.19. The van der Waals surface area contributed by atoms with Crippen LogP contribution in [0, 0.1) is 22.9 Å². The molecule has 3 aromatic rings. The van der Waals surface area contributed by atoms with Crippen LogP contribution < -0.4 is 5.32 Å². The zero-order valence-corrected chi connectivity index (χ0v) is 13.8. The summed E-state index contributed by atoms with van der Waals surface area (Å²) >= 11 is 0. The average Bonchev–Trinajstić information content (AvgIpc) is 3.01. The summed E-state index contributed by atoms with van der Waals surface area (Å²) in [5, 5.41) is 17.5. The SMILES string of the molecule is Cc1cccc(Cn2nccc2NC(=O)c2cc([N+](=O)[O-])ccc2F)c1. The van der Waals surface area contributed by atoms with Gasteiger partial charge in [-0.25, -0.2) is 9.07 Å². The van der Waals surface area contributed by atoms with E-state index < -0.39 is 22.2 Å². The Kier molecular flexibility index (Phi) is 4.74. The second kappa shape index (κ2) is 7.14. The van der Waals surface area contributed by atoms with Crippen LogP contribution in [0.15, 0.2) is 54.7 Å². The number of benzene rings is 2. The normalized spacial score (nSPS) is 10.5. The Morgan fingerprint density at radius 3 is 2.81 bits per heavy atom. The topological polar surface area (TPSA) is 90.1 Å². The monoisotopic (exact) mass is 354 g/mol. The second-order valence-electron chi connectivity index (χ2n) is 5.74. The number of carbonyl (C=O) groups excluding carboxylic acids is 1. The highest BCUT2D eigenvalue weighted by atomic mass is 19.1. The molecule has 1 aromatic heterocycles. The fourth-order valence-corrected chi connectivity index (χ4v) is 2.53. The summed E-state index contributed by atoms with van der Waals surface area (Å²) in [5.74, 6) is -1.25. The van der Waals surface area contributed by atoms with Gasteiger partial charge >= 0.3 is 0 Å². The Labute approximate surface area is 148 Å². The summed E-state index contributed by atoms with van der Waals surface area (Å²) in [6.45, 7) is 2.39. The highest BCUT2D eigenvalue weighted by molar-refractivity contribution is 6.04. The molecule has 0 aliphatic heterocycles. The molecule has 1 N–H and O–H groups in total.